The minimum atomic E-state index is -3.15. The number of benzene rings is 1. The monoisotopic (exact) mass is 254 g/mol. The van der Waals surface area contributed by atoms with E-state index in [-0.39, 0.29) is 4.90 Å². The maximum Gasteiger partial charge on any atom is 0.175 e. The molecule has 0 unspecified atom stereocenters. The van der Waals surface area contributed by atoms with Crippen LogP contribution >= 0.6 is 0 Å². The fourth-order valence-electron chi connectivity index (χ4n) is 1.13. The maximum atomic E-state index is 11.2. The summed E-state index contributed by atoms with van der Waals surface area (Å²) < 4.78 is 23.8. The highest BCUT2D eigenvalue weighted by molar-refractivity contribution is 7.90. The molecule has 1 aromatic carbocycles. The smallest absolute Gasteiger partial charge is 0.175 e. The van der Waals surface area contributed by atoms with Crippen molar-refractivity contribution in [2.75, 3.05) is 6.26 Å². The largest absolute Gasteiger partial charge is 0.224 e. The molecule has 92 valence electrons. The van der Waals surface area contributed by atoms with Crippen molar-refractivity contribution in [3.8, 4) is 5.69 Å². The Bertz CT molecular complexity index is 547. The number of hydrogen-bond acceptors (Lipinski definition) is 5. The summed E-state index contributed by atoms with van der Waals surface area (Å²) in [7, 11) is -3.15. The Morgan fingerprint density at radius 2 is 1.71 bits per heavy atom. The first-order valence-electron chi connectivity index (χ1n) is 5.11. The average Bonchev–Trinajstić information content (AvgIpc) is 2.84. The summed E-state index contributed by atoms with van der Waals surface area (Å²) in [6.07, 6.45) is 2.61. The summed E-state index contributed by atoms with van der Waals surface area (Å²) in [5.41, 5.74) is 0.715. The highest BCUT2D eigenvalue weighted by Crippen LogP contribution is 2.11. The van der Waals surface area contributed by atoms with Crippen molar-refractivity contribution >= 4 is 9.84 Å². The van der Waals surface area contributed by atoms with Gasteiger partial charge in [0.15, 0.2) is 9.84 Å². The summed E-state index contributed by atoms with van der Waals surface area (Å²) in [6, 6.07) is 6.33. The van der Waals surface area contributed by atoms with Crippen LogP contribution in [0.15, 0.2) is 35.5 Å². The quantitative estimate of drug-likeness (QED) is 0.801. The Morgan fingerprint density at radius 1 is 1.12 bits per heavy atom. The van der Waals surface area contributed by atoms with E-state index < -0.39 is 9.84 Å². The summed E-state index contributed by atoms with van der Waals surface area (Å²) in [5.74, 6) is 0. The molecule has 0 fully saturated rings. The molecule has 0 saturated carbocycles. The van der Waals surface area contributed by atoms with Crippen LogP contribution in [0.3, 0.4) is 0 Å². The van der Waals surface area contributed by atoms with E-state index >= 15 is 0 Å². The second-order valence-electron chi connectivity index (χ2n) is 3.02. The van der Waals surface area contributed by atoms with Crippen LogP contribution in [0.25, 0.3) is 5.69 Å². The lowest BCUT2D eigenvalue weighted by Crippen LogP contribution is -1.99. The third-order valence-corrected chi connectivity index (χ3v) is 3.01. The SMILES string of the molecule is CC.CS(=O)(=O)c1ccc(-n2cnnn2)cc1. The minimum Gasteiger partial charge on any atom is -0.224 e. The zero-order valence-corrected chi connectivity index (χ0v) is 10.7. The first kappa shape index (κ1) is 13.3. The van der Waals surface area contributed by atoms with Crippen molar-refractivity contribution in [1.29, 1.82) is 0 Å². The van der Waals surface area contributed by atoms with E-state index in [0.717, 1.165) is 0 Å². The van der Waals surface area contributed by atoms with Crippen LogP contribution in [-0.4, -0.2) is 34.9 Å². The normalized spacial score (nSPS) is 10.5. The van der Waals surface area contributed by atoms with E-state index in [4.69, 9.17) is 0 Å². The van der Waals surface area contributed by atoms with Crippen LogP contribution in [0.4, 0.5) is 0 Å². The molecular formula is C10H14N4O2S. The fraction of sp³-hybridized carbons (Fsp3) is 0.300. The van der Waals surface area contributed by atoms with Gasteiger partial charge in [0.2, 0.25) is 0 Å². The van der Waals surface area contributed by atoms with Gasteiger partial charge in [-0.25, -0.2) is 13.1 Å². The van der Waals surface area contributed by atoms with E-state index in [0.29, 0.717) is 5.69 Å². The lowest BCUT2D eigenvalue weighted by Gasteiger charge is -2.00. The zero-order chi connectivity index (χ0) is 12.9. The van der Waals surface area contributed by atoms with Gasteiger partial charge < -0.3 is 0 Å². The first-order chi connectivity index (χ1) is 8.07. The van der Waals surface area contributed by atoms with Gasteiger partial charge in [0.05, 0.1) is 10.6 Å². The number of tetrazole rings is 1. The molecule has 0 spiro atoms. The van der Waals surface area contributed by atoms with Gasteiger partial charge in [0.25, 0.3) is 0 Å². The fourth-order valence-corrected chi connectivity index (χ4v) is 1.76. The van der Waals surface area contributed by atoms with Crippen LogP contribution < -0.4 is 0 Å². The molecule has 1 aromatic heterocycles. The molecule has 0 amide bonds. The molecule has 2 aromatic rings. The van der Waals surface area contributed by atoms with Crippen LogP contribution in [-0.2, 0) is 9.84 Å². The van der Waals surface area contributed by atoms with E-state index in [2.05, 4.69) is 15.5 Å². The summed E-state index contributed by atoms with van der Waals surface area (Å²) >= 11 is 0. The van der Waals surface area contributed by atoms with Gasteiger partial charge in [0.1, 0.15) is 6.33 Å². The maximum absolute atomic E-state index is 11.2. The molecular weight excluding hydrogens is 240 g/mol. The minimum absolute atomic E-state index is 0.277. The van der Waals surface area contributed by atoms with Crippen molar-refractivity contribution in [1.82, 2.24) is 20.2 Å². The lowest BCUT2D eigenvalue weighted by atomic mass is 10.3. The van der Waals surface area contributed by atoms with Crippen LogP contribution in [0, 0.1) is 0 Å². The Hall–Kier alpha value is -1.76. The number of nitrogens with zero attached hydrogens (tertiary/aromatic N) is 4. The second-order valence-corrected chi connectivity index (χ2v) is 5.04. The highest BCUT2D eigenvalue weighted by Gasteiger charge is 2.06. The molecule has 6 nitrogen and oxygen atoms in total. The molecule has 2 rings (SSSR count). The summed E-state index contributed by atoms with van der Waals surface area (Å²) in [6.45, 7) is 4.00. The predicted molar refractivity (Wildman–Crippen MR) is 63.6 cm³/mol. The van der Waals surface area contributed by atoms with Gasteiger partial charge in [-0.05, 0) is 34.7 Å². The third kappa shape index (κ3) is 3.35. The van der Waals surface area contributed by atoms with E-state index in [9.17, 15) is 8.42 Å². The molecule has 1 heterocycles. The van der Waals surface area contributed by atoms with Crippen LogP contribution in [0.5, 0.6) is 0 Å². The molecule has 0 atom stereocenters. The van der Waals surface area contributed by atoms with Crippen molar-refractivity contribution in [3.63, 3.8) is 0 Å². The second kappa shape index (κ2) is 5.53. The Kier molecular flexibility index (Phi) is 4.33. The van der Waals surface area contributed by atoms with Crippen molar-refractivity contribution < 1.29 is 8.42 Å². The lowest BCUT2D eigenvalue weighted by molar-refractivity contribution is 0.602. The molecule has 0 N–H and O–H groups in total. The molecule has 0 saturated heterocycles. The van der Waals surface area contributed by atoms with E-state index in [1.54, 1.807) is 12.1 Å². The van der Waals surface area contributed by atoms with Gasteiger partial charge in [-0.3, -0.25) is 0 Å². The van der Waals surface area contributed by atoms with Gasteiger partial charge >= 0.3 is 0 Å². The third-order valence-electron chi connectivity index (χ3n) is 1.88. The van der Waals surface area contributed by atoms with Crippen molar-refractivity contribution in [2.24, 2.45) is 0 Å². The molecule has 0 aliphatic carbocycles. The van der Waals surface area contributed by atoms with E-state index in [1.807, 2.05) is 13.8 Å². The topological polar surface area (TPSA) is 77.7 Å². The van der Waals surface area contributed by atoms with Crippen molar-refractivity contribution in [3.05, 3.63) is 30.6 Å². The molecule has 0 aliphatic heterocycles. The molecule has 17 heavy (non-hydrogen) atoms. The molecule has 0 radical (unpaired) electrons. The molecule has 0 aliphatic rings. The summed E-state index contributed by atoms with van der Waals surface area (Å²) in [5, 5.41) is 10.7. The molecule has 7 heteroatoms. The number of rotatable bonds is 2. The Labute approximate surface area is 100 Å². The van der Waals surface area contributed by atoms with Crippen LogP contribution in [0.1, 0.15) is 13.8 Å². The van der Waals surface area contributed by atoms with Gasteiger partial charge in [-0.1, -0.05) is 13.8 Å². The number of sulfone groups is 1. The Balaban J connectivity index is 0.000000686. The standard InChI is InChI=1S/C8H8N4O2S.C2H6/c1-15(13,14)8-4-2-7(3-5-8)12-6-9-10-11-12;1-2/h2-6H,1H3;1-2H3. The number of aromatic nitrogens is 4. The van der Waals surface area contributed by atoms with Gasteiger partial charge in [-0.2, -0.15) is 0 Å². The van der Waals surface area contributed by atoms with E-state index in [1.165, 1.54) is 29.4 Å². The Morgan fingerprint density at radius 3 is 2.12 bits per heavy atom. The summed E-state index contributed by atoms with van der Waals surface area (Å²) in [4.78, 5) is 0.277. The van der Waals surface area contributed by atoms with Gasteiger partial charge in [0, 0.05) is 6.26 Å². The predicted octanol–water partition coefficient (Wildman–Crippen LogP) is 1.09. The van der Waals surface area contributed by atoms with Gasteiger partial charge in [-0.15, -0.1) is 5.10 Å². The van der Waals surface area contributed by atoms with Crippen LogP contribution in [0.2, 0.25) is 0 Å². The molecule has 0 bridgehead atoms. The van der Waals surface area contributed by atoms with Crippen molar-refractivity contribution in [2.45, 2.75) is 18.7 Å². The first-order valence-corrected chi connectivity index (χ1v) is 7.00. The number of hydrogen-bond donors (Lipinski definition) is 0. The zero-order valence-electron chi connectivity index (χ0n) is 9.90. The highest BCUT2D eigenvalue weighted by atomic mass is 32.2. The average molecular weight is 254 g/mol.